The highest BCUT2D eigenvalue weighted by atomic mass is 14.5. The van der Waals surface area contributed by atoms with Crippen molar-refractivity contribution in [2.75, 3.05) is 0 Å². The summed E-state index contributed by atoms with van der Waals surface area (Å²) >= 11 is 0. The van der Waals surface area contributed by atoms with Crippen molar-refractivity contribution in [1.82, 2.24) is 0 Å². The van der Waals surface area contributed by atoms with E-state index < -0.39 is 0 Å². The molecule has 0 unspecified atom stereocenters. The molecule has 2 bridgehead atoms. The molecule has 0 aromatic heterocycles. The van der Waals surface area contributed by atoms with Gasteiger partial charge in [0.05, 0.1) is 0 Å². The summed E-state index contributed by atoms with van der Waals surface area (Å²) in [6, 6.07) is 0. The quantitative estimate of drug-likeness (QED) is 0.499. The monoisotopic (exact) mass is 206 g/mol. The summed E-state index contributed by atoms with van der Waals surface area (Å²) in [5.41, 5.74) is 4.41. The molecule has 0 N–H and O–H groups in total. The topological polar surface area (TPSA) is 0 Å². The van der Waals surface area contributed by atoms with Gasteiger partial charge in [-0.05, 0) is 41.9 Å². The minimum absolute atomic E-state index is 0.391. The fourth-order valence-corrected chi connectivity index (χ4v) is 3.98. The highest BCUT2D eigenvalue weighted by molar-refractivity contribution is 5.36. The molecular formula is C15H26. The van der Waals surface area contributed by atoms with E-state index in [1.807, 2.05) is 11.1 Å². The molecule has 2 rings (SSSR count). The van der Waals surface area contributed by atoms with Crippen LogP contribution in [0, 0.1) is 22.7 Å². The Kier molecular flexibility index (Phi) is 2.34. The molecular weight excluding hydrogens is 180 g/mol. The molecule has 0 saturated heterocycles. The fraction of sp³-hybridized carbons (Fsp3) is 0.867. The molecule has 0 heteroatoms. The maximum atomic E-state index is 2.40. The van der Waals surface area contributed by atoms with Crippen molar-refractivity contribution in [2.45, 2.75) is 60.8 Å². The van der Waals surface area contributed by atoms with Gasteiger partial charge in [0.1, 0.15) is 0 Å². The Morgan fingerprint density at radius 1 is 0.733 bits per heavy atom. The van der Waals surface area contributed by atoms with Crippen molar-refractivity contribution in [3.8, 4) is 0 Å². The Bertz CT molecular complexity index is 263. The standard InChI is InChI=1S/C15H26/c1-14(2,3)12-10-7-8-11(9-10)13(12)15(4,5)6/h10-11H,7-9H2,1-6H3/t10-,11+. The molecule has 0 heterocycles. The van der Waals surface area contributed by atoms with Gasteiger partial charge in [0.15, 0.2) is 0 Å². The van der Waals surface area contributed by atoms with Crippen LogP contribution in [0.15, 0.2) is 11.1 Å². The van der Waals surface area contributed by atoms with E-state index in [0.717, 1.165) is 11.8 Å². The molecule has 0 spiro atoms. The zero-order valence-corrected chi connectivity index (χ0v) is 11.3. The van der Waals surface area contributed by atoms with Crippen molar-refractivity contribution in [2.24, 2.45) is 22.7 Å². The van der Waals surface area contributed by atoms with Crippen LogP contribution in [0.25, 0.3) is 0 Å². The highest BCUT2D eigenvalue weighted by Crippen LogP contribution is 2.58. The summed E-state index contributed by atoms with van der Waals surface area (Å²) in [6.07, 6.45) is 4.37. The van der Waals surface area contributed by atoms with E-state index in [-0.39, 0.29) is 0 Å². The summed E-state index contributed by atoms with van der Waals surface area (Å²) in [6.45, 7) is 14.4. The minimum Gasteiger partial charge on any atom is -0.0617 e. The average Bonchev–Trinajstić information content (AvgIpc) is 2.56. The van der Waals surface area contributed by atoms with Crippen LogP contribution in [-0.4, -0.2) is 0 Å². The van der Waals surface area contributed by atoms with Gasteiger partial charge in [0, 0.05) is 0 Å². The first-order valence-corrected chi connectivity index (χ1v) is 6.46. The number of rotatable bonds is 0. The summed E-state index contributed by atoms with van der Waals surface area (Å²) in [5, 5.41) is 0. The smallest absolute Gasteiger partial charge is 0.0167 e. The van der Waals surface area contributed by atoms with Crippen LogP contribution in [0.4, 0.5) is 0 Å². The van der Waals surface area contributed by atoms with Gasteiger partial charge in [-0.3, -0.25) is 0 Å². The third-order valence-electron chi connectivity index (χ3n) is 4.16. The molecule has 0 aliphatic heterocycles. The summed E-state index contributed by atoms with van der Waals surface area (Å²) in [7, 11) is 0. The first kappa shape index (κ1) is 11.2. The van der Waals surface area contributed by atoms with Gasteiger partial charge < -0.3 is 0 Å². The van der Waals surface area contributed by atoms with E-state index in [1.54, 1.807) is 0 Å². The van der Waals surface area contributed by atoms with Gasteiger partial charge in [0.25, 0.3) is 0 Å². The molecule has 86 valence electrons. The largest absolute Gasteiger partial charge is 0.0617 e. The molecule has 0 aromatic carbocycles. The van der Waals surface area contributed by atoms with Gasteiger partial charge in [0.2, 0.25) is 0 Å². The maximum Gasteiger partial charge on any atom is -0.0167 e. The van der Waals surface area contributed by atoms with Crippen LogP contribution in [-0.2, 0) is 0 Å². The Balaban J connectivity index is 2.49. The zero-order valence-electron chi connectivity index (χ0n) is 11.3. The van der Waals surface area contributed by atoms with Crippen LogP contribution < -0.4 is 0 Å². The molecule has 1 fully saturated rings. The average molecular weight is 206 g/mol. The third-order valence-corrected chi connectivity index (χ3v) is 4.16. The first-order chi connectivity index (χ1) is 6.71. The Morgan fingerprint density at radius 2 is 1.07 bits per heavy atom. The SMILES string of the molecule is CC(C)(C)C1=C(C(C)(C)C)[C@H]2CC[C@@H]1C2. The zero-order chi connectivity index (χ0) is 11.4. The lowest BCUT2D eigenvalue weighted by atomic mass is 9.69. The number of fused-ring (bicyclic) bond motifs is 2. The van der Waals surface area contributed by atoms with Gasteiger partial charge in [-0.15, -0.1) is 0 Å². The van der Waals surface area contributed by atoms with Crippen LogP contribution in [0.2, 0.25) is 0 Å². The van der Waals surface area contributed by atoms with Gasteiger partial charge in [-0.1, -0.05) is 52.7 Å². The van der Waals surface area contributed by atoms with Gasteiger partial charge in [-0.25, -0.2) is 0 Å². The van der Waals surface area contributed by atoms with Crippen molar-refractivity contribution in [3.63, 3.8) is 0 Å². The molecule has 2 atom stereocenters. The van der Waals surface area contributed by atoms with Crippen LogP contribution >= 0.6 is 0 Å². The molecule has 0 aromatic rings. The Hall–Kier alpha value is -0.260. The van der Waals surface area contributed by atoms with Crippen molar-refractivity contribution in [1.29, 1.82) is 0 Å². The van der Waals surface area contributed by atoms with Crippen LogP contribution in [0.3, 0.4) is 0 Å². The van der Waals surface area contributed by atoms with E-state index in [9.17, 15) is 0 Å². The Labute approximate surface area is 95.1 Å². The molecule has 15 heavy (non-hydrogen) atoms. The fourth-order valence-electron chi connectivity index (χ4n) is 3.98. The van der Waals surface area contributed by atoms with E-state index in [4.69, 9.17) is 0 Å². The first-order valence-electron chi connectivity index (χ1n) is 6.46. The van der Waals surface area contributed by atoms with E-state index in [1.165, 1.54) is 19.3 Å². The predicted octanol–water partition coefficient (Wildman–Crippen LogP) is 4.81. The lowest BCUT2D eigenvalue weighted by molar-refractivity contribution is 0.382. The summed E-state index contributed by atoms with van der Waals surface area (Å²) in [5.74, 6) is 1.84. The lowest BCUT2D eigenvalue weighted by Crippen LogP contribution is -2.24. The van der Waals surface area contributed by atoms with Crippen LogP contribution in [0.5, 0.6) is 0 Å². The van der Waals surface area contributed by atoms with Crippen molar-refractivity contribution >= 4 is 0 Å². The Morgan fingerprint density at radius 3 is 1.33 bits per heavy atom. The summed E-state index contributed by atoms with van der Waals surface area (Å²) in [4.78, 5) is 0. The molecule has 2 aliphatic rings. The minimum atomic E-state index is 0.391. The van der Waals surface area contributed by atoms with E-state index in [2.05, 4.69) is 41.5 Å². The molecule has 0 radical (unpaired) electrons. The second-order valence-corrected chi connectivity index (χ2v) is 7.53. The second-order valence-electron chi connectivity index (χ2n) is 7.53. The van der Waals surface area contributed by atoms with Crippen molar-refractivity contribution < 1.29 is 0 Å². The molecule has 2 aliphatic carbocycles. The van der Waals surface area contributed by atoms with Gasteiger partial charge in [-0.2, -0.15) is 0 Å². The molecule has 0 amide bonds. The second kappa shape index (κ2) is 3.12. The number of hydrogen-bond donors (Lipinski definition) is 0. The predicted molar refractivity (Wildman–Crippen MR) is 66.8 cm³/mol. The highest BCUT2D eigenvalue weighted by Gasteiger charge is 2.46. The number of allylic oxidation sites excluding steroid dienone is 2. The summed E-state index contributed by atoms with van der Waals surface area (Å²) < 4.78 is 0. The van der Waals surface area contributed by atoms with Crippen molar-refractivity contribution in [3.05, 3.63) is 11.1 Å². The maximum absolute atomic E-state index is 2.40. The van der Waals surface area contributed by atoms with E-state index in [0.29, 0.717) is 10.8 Å². The van der Waals surface area contributed by atoms with E-state index >= 15 is 0 Å². The normalized spacial score (nSPS) is 31.6. The molecule has 0 nitrogen and oxygen atoms in total. The van der Waals surface area contributed by atoms with Crippen LogP contribution in [0.1, 0.15) is 60.8 Å². The van der Waals surface area contributed by atoms with Gasteiger partial charge >= 0.3 is 0 Å². The lowest BCUT2D eigenvalue weighted by Gasteiger charge is -2.36. The molecule has 1 saturated carbocycles. The third kappa shape index (κ3) is 1.77. The number of hydrogen-bond acceptors (Lipinski definition) is 0.